The van der Waals surface area contributed by atoms with Crippen molar-refractivity contribution >= 4 is 5.78 Å². The smallest absolute Gasteiger partial charge is 0.171 e. The Kier molecular flexibility index (Phi) is 5.78. The lowest BCUT2D eigenvalue weighted by Crippen LogP contribution is -2.55. The Hall–Kier alpha value is -1.87. The monoisotopic (exact) mass is 312 g/mol. The highest BCUT2D eigenvalue weighted by Crippen LogP contribution is 2.34. The second-order valence-electron chi connectivity index (χ2n) is 6.24. The number of nitrogens with zero attached hydrogens (tertiary/aromatic N) is 2. The van der Waals surface area contributed by atoms with E-state index in [0.29, 0.717) is 5.57 Å². The number of carbonyl (C=O) groups excluding carboxylic acids is 1. The van der Waals surface area contributed by atoms with Crippen LogP contribution in [0.3, 0.4) is 0 Å². The molecule has 2 unspecified atom stereocenters. The number of ketones is 1. The maximum atomic E-state index is 12.9. The molecule has 0 aromatic rings. The number of Topliss-reactive ketones (excluding diaryl/α,β-unsaturated/α-hetero) is 1. The third-order valence-corrected chi connectivity index (χ3v) is 4.97. The molecule has 0 aromatic heterocycles. The molecule has 0 amide bonds. The number of likely N-dealkylation sites (N-methyl/N-ethyl adjacent to an activating group) is 1. The third-order valence-electron chi connectivity index (χ3n) is 4.97. The molecular formula is C20H28N2O. The molecular weight excluding hydrogens is 284 g/mol. The lowest BCUT2D eigenvalue weighted by molar-refractivity contribution is -0.124. The lowest BCUT2D eigenvalue weighted by Gasteiger charge is -2.46. The molecule has 23 heavy (non-hydrogen) atoms. The second kappa shape index (κ2) is 7.60. The fraction of sp³-hybridized carbons (Fsp3) is 0.450. The quantitative estimate of drug-likeness (QED) is 0.728. The highest BCUT2D eigenvalue weighted by atomic mass is 16.1. The zero-order chi connectivity index (χ0) is 17.0. The van der Waals surface area contributed by atoms with Gasteiger partial charge in [0, 0.05) is 44.0 Å². The Morgan fingerprint density at radius 2 is 2.04 bits per heavy atom. The van der Waals surface area contributed by atoms with E-state index in [4.69, 9.17) is 0 Å². The van der Waals surface area contributed by atoms with Crippen LogP contribution in [0.25, 0.3) is 0 Å². The van der Waals surface area contributed by atoms with Crippen LogP contribution in [0.2, 0.25) is 0 Å². The largest absolute Gasteiger partial charge is 0.370 e. The number of allylic oxidation sites excluding steroid dienone is 5. The molecule has 0 bridgehead atoms. The first-order valence-corrected chi connectivity index (χ1v) is 8.33. The van der Waals surface area contributed by atoms with Gasteiger partial charge in [-0.15, -0.1) is 0 Å². The third kappa shape index (κ3) is 3.40. The van der Waals surface area contributed by atoms with Crippen LogP contribution in [-0.2, 0) is 4.79 Å². The van der Waals surface area contributed by atoms with Gasteiger partial charge in [0.1, 0.15) is 0 Å². The van der Waals surface area contributed by atoms with Crippen LogP contribution in [0, 0.1) is 5.92 Å². The highest BCUT2D eigenvalue weighted by Gasteiger charge is 2.41. The van der Waals surface area contributed by atoms with Crippen LogP contribution >= 0.6 is 0 Å². The highest BCUT2D eigenvalue weighted by molar-refractivity contribution is 6.02. The normalized spacial score (nSPS) is 26.7. The molecule has 3 nitrogen and oxygen atoms in total. The first kappa shape index (κ1) is 17.5. The van der Waals surface area contributed by atoms with Crippen molar-refractivity contribution in [2.45, 2.75) is 26.3 Å². The fourth-order valence-corrected chi connectivity index (χ4v) is 3.74. The van der Waals surface area contributed by atoms with E-state index in [1.54, 1.807) is 12.2 Å². The summed E-state index contributed by atoms with van der Waals surface area (Å²) in [7, 11) is 2.07. The van der Waals surface area contributed by atoms with Crippen LogP contribution in [0.1, 0.15) is 20.3 Å². The van der Waals surface area contributed by atoms with E-state index >= 15 is 0 Å². The van der Waals surface area contributed by atoms with Gasteiger partial charge in [0.2, 0.25) is 0 Å². The molecule has 0 aliphatic carbocycles. The SMILES string of the molecule is C=CC1=C(C=C)N(C)C2CCN(CC(/C=C\C)=C/C)CC2C1=O. The summed E-state index contributed by atoms with van der Waals surface area (Å²) >= 11 is 0. The minimum Gasteiger partial charge on any atom is -0.370 e. The van der Waals surface area contributed by atoms with Gasteiger partial charge in [-0.2, -0.15) is 0 Å². The van der Waals surface area contributed by atoms with Gasteiger partial charge in [0.25, 0.3) is 0 Å². The number of piperidine rings is 1. The standard InChI is InChI=1S/C20H28N2O/c1-6-10-15(7-2)13-22-12-11-19-17(14-22)20(23)16(8-3)18(9-4)21(19)5/h6-10,17,19H,3-4,11-14H2,1-2,5H3/b10-6-,15-7+. The van der Waals surface area contributed by atoms with E-state index in [1.165, 1.54) is 5.57 Å². The minimum atomic E-state index is 0.0224. The van der Waals surface area contributed by atoms with Crippen molar-refractivity contribution in [3.05, 3.63) is 60.4 Å². The zero-order valence-electron chi connectivity index (χ0n) is 14.6. The molecule has 1 fully saturated rings. The van der Waals surface area contributed by atoms with Gasteiger partial charge in [-0.3, -0.25) is 9.69 Å². The first-order valence-electron chi connectivity index (χ1n) is 8.33. The van der Waals surface area contributed by atoms with Crippen LogP contribution < -0.4 is 0 Å². The van der Waals surface area contributed by atoms with E-state index in [9.17, 15) is 4.79 Å². The average molecular weight is 312 g/mol. The number of likely N-dealkylation sites (tertiary alicyclic amines) is 1. The van der Waals surface area contributed by atoms with Crippen molar-refractivity contribution in [1.29, 1.82) is 0 Å². The van der Waals surface area contributed by atoms with Gasteiger partial charge in [-0.1, -0.05) is 37.5 Å². The van der Waals surface area contributed by atoms with Crippen molar-refractivity contribution in [2.75, 3.05) is 26.7 Å². The molecule has 0 radical (unpaired) electrons. The van der Waals surface area contributed by atoms with Gasteiger partial charge in [0.05, 0.1) is 5.92 Å². The van der Waals surface area contributed by atoms with Gasteiger partial charge < -0.3 is 4.90 Å². The molecule has 0 aromatic carbocycles. The maximum absolute atomic E-state index is 12.9. The van der Waals surface area contributed by atoms with Crippen molar-refractivity contribution in [1.82, 2.24) is 9.80 Å². The lowest BCUT2D eigenvalue weighted by atomic mass is 9.80. The van der Waals surface area contributed by atoms with E-state index in [0.717, 1.165) is 31.8 Å². The molecule has 2 heterocycles. The molecule has 2 rings (SSSR count). The molecule has 2 aliphatic heterocycles. The van der Waals surface area contributed by atoms with Crippen LogP contribution in [0.5, 0.6) is 0 Å². The molecule has 0 N–H and O–H groups in total. The minimum absolute atomic E-state index is 0.0224. The van der Waals surface area contributed by atoms with Crippen LogP contribution in [0.15, 0.2) is 60.4 Å². The summed E-state index contributed by atoms with van der Waals surface area (Å²) in [5, 5.41) is 0. The van der Waals surface area contributed by atoms with Gasteiger partial charge in [-0.05, 0) is 31.9 Å². The maximum Gasteiger partial charge on any atom is 0.171 e. The number of carbonyl (C=O) groups is 1. The summed E-state index contributed by atoms with van der Waals surface area (Å²) in [6.07, 6.45) is 10.8. The Balaban J connectivity index is 2.21. The molecule has 0 spiro atoms. The molecule has 2 atom stereocenters. The number of hydrogen-bond donors (Lipinski definition) is 0. The predicted molar refractivity (Wildman–Crippen MR) is 97.1 cm³/mol. The number of fused-ring (bicyclic) bond motifs is 1. The second-order valence-corrected chi connectivity index (χ2v) is 6.24. The van der Waals surface area contributed by atoms with Crippen molar-refractivity contribution < 1.29 is 4.79 Å². The van der Waals surface area contributed by atoms with Gasteiger partial charge in [0.15, 0.2) is 5.78 Å². The number of rotatable bonds is 5. The topological polar surface area (TPSA) is 23.6 Å². The van der Waals surface area contributed by atoms with Gasteiger partial charge in [-0.25, -0.2) is 0 Å². The Morgan fingerprint density at radius 1 is 1.30 bits per heavy atom. The molecule has 2 aliphatic rings. The Bertz CT molecular complexity index is 582. The average Bonchev–Trinajstić information content (AvgIpc) is 2.57. The zero-order valence-corrected chi connectivity index (χ0v) is 14.6. The summed E-state index contributed by atoms with van der Waals surface area (Å²) in [4.78, 5) is 17.5. The summed E-state index contributed by atoms with van der Waals surface area (Å²) < 4.78 is 0. The molecule has 0 saturated carbocycles. The molecule has 3 heteroatoms. The van der Waals surface area contributed by atoms with Crippen molar-refractivity contribution in [2.24, 2.45) is 5.92 Å². The van der Waals surface area contributed by atoms with Crippen molar-refractivity contribution in [3.63, 3.8) is 0 Å². The summed E-state index contributed by atoms with van der Waals surface area (Å²) in [6, 6.07) is 0.270. The van der Waals surface area contributed by atoms with Gasteiger partial charge >= 0.3 is 0 Å². The predicted octanol–water partition coefficient (Wildman–Crippen LogP) is 3.34. The summed E-state index contributed by atoms with van der Waals surface area (Å²) in [5.41, 5.74) is 2.93. The van der Waals surface area contributed by atoms with Crippen LogP contribution in [0.4, 0.5) is 0 Å². The van der Waals surface area contributed by atoms with E-state index in [2.05, 4.69) is 55.2 Å². The first-order chi connectivity index (χ1) is 11.1. The van der Waals surface area contributed by atoms with Crippen molar-refractivity contribution in [3.8, 4) is 0 Å². The van der Waals surface area contributed by atoms with E-state index in [1.807, 2.05) is 6.92 Å². The summed E-state index contributed by atoms with van der Waals surface area (Å²) in [5.74, 6) is 0.241. The summed E-state index contributed by atoms with van der Waals surface area (Å²) in [6.45, 7) is 14.5. The Labute approximate surface area is 140 Å². The Morgan fingerprint density at radius 3 is 2.61 bits per heavy atom. The molecule has 1 saturated heterocycles. The van der Waals surface area contributed by atoms with E-state index in [-0.39, 0.29) is 17.7 Å². The fourth-order valence-electron chi connectivity index (χ4n) is 3.74. The molecule has 124 valence electrons. The van der Waals surface area contributed by atoms with Crippen LogP contribution in [-0.4, -0.2) is 48.3 Å². The number of hydrogen-bond acceptors (Lipinski definition) is 3. The van der Waals surface area contributed by atoms with E-state index < -0.39 is 0 Å².